The molecule has 0 spiro atoms. The Bertz CT molecular complexity index is 1090. The van der Waals surface area contributed by atoms with Gasteiger partial charge in [0.1, 0.15) is 11.5 Å². The van der Waals surface area contributed by atoms with Gasteiger partial charge in [0.05, 0.1) is 28.4 Å². The molecule has 2 aromatic carbocycles. The topological polar surface area (TPSA) is 67.3 Å². The molecule has 2 atom stereocenters. The molecule has 0 unspecified atom stereocenters. The summed E-state index contributed by atoms with van der Waals surface area (Å²) in [7, 11) is 0. The van der Waals surface area contributed by atoms with Crippen LogP contribution in [0.25, 0.3) is 21.1 Å². The number of hydrogen-bond acceptors (Lipinski definition) is 6. The number of fused-ring (bicyclic) bond motifs is 2. The largest absolute Gasteiger partial charge is 0.457 e. The van der Waals surface area contributed by atoms with Crippen LogP contribution in [0.4, 0.5) is 5.13 Å². The fraction of sp³-hybridized carbons (Fsp3) is 0.273. The van der Waals surface area contributed by atoms with Crippen molar-refractivity contribution in [2.75, 3.05) is 11.9 Å². The van der Waals surface area contributed by atoms with Crippen molar-refractivity contribution in [1.29, 1.82) is 0 Å². The normalized spacial score (nSPS) is 13.5. The second kappa shape index (κ2) is 8.12. The first kappa shape index (κ1) is 18.7. The Morgan fingerprint density at radius 2 is 2.00 bits per heavy atom. The van der Waals surface area contributed by atoms with Gasteiger partial charge in [0, 0.05) is 17.6 Å². The van der Waals surface area contributed by atoms with Gasteiger partial charge in [-0.1, -0.05) is 43.7 Å². The average Bonchev–Trinajstić information content (AvgIpc) is 3.13. The highest BCUT2D eigenvalue weighted by Gasteiger charge is 2.16. The van der Waals surface area contributed by atoms with Crippen LogP contribution in [0.3, 0.4) is 0 Å². The number of aliphatic hydroxyl groups is 1. The number of rotatable bonds is 7. The molecule has 0 saturated carbocycles. The summed E-state index contributed by atoms with van der Waals surface area (Å²) in [5.74, 6) is 1.92. The number of pyridine rings is 1. The van der Waals surface area contributed by atoms with Crippen molar-refractivity contribution in [1.82, 2.24) is 9.97 Å². The number of benzene rings is 2. The molecule has 4 aromatic rings. The molecule has 4 rings (SSSR count). The van der Waals surface area contributed by atoms with Crippen molar-refractivity contribution in [3.8, 4) is 11.5 Å². The van der Waals surface area contributed by atoms with Crippen molar-refractivity contribution in [3.63, 3.8) is 0 Å². The fourth-order valence-corrected chi connectivity index (χ4v) is 4.08. The second-order valence-corrected chi connectivity index (χ2v) is 7.93. The van der Waals surface area contributed by atoms with Crippen LogP contribution in [-0.4, -0.2) is 27.7 Å². The van der Waals surface area contributed by atoms with Gasteiger partial charge in [-0.2, -0.15) is 0 Å². The lowest BCUT2D eigenvalue weighted by Crippen LogP contribution is -2.30. The summed E-state index contributed by atoms with van der Waals surface area (Å²) < 4.78 is 7.19. The highest BCUT2D eigenvalue weighted by Crippen LogP contribution is 2.34. The minimum Gasteiger partial charge on any atom is -0.457 e. The van der Waals surface area contributed by atoms with Crippen LogP contribution in [0.2, 0.25) is 0 Å². The lowest BCUT2D eigenvalue weighted by molar-refractivity contribution is 0.241. The second-order valence-electron chi connectivity index (χ2n) is 6.90. The van der Waals surface area contributed by atoms with E-state index >= 15 is 0 Å². The summed E-state index contributed by atoms with van der Waals surface area (Å²) in [5.41, 5.74) is 1.82. The Kier molecular flexibility index (Phi) is 5.41. The maximum atomic E-state index is 9.65. The van der Waals surface area contributed by atoms with Crippen LogP contribution in [0, 0.1) is 5.92 Å². The van der Waals surface area contributed by atoms with Gasteiger partial charge < -0.3 is 15.2 Å². The van der Waals surface area contributed by atoms with Gasteiger partial charge >= 0.3 is 0 Å². The fourth-order valence-electron chi connectivity index (χ4n) is 3.13. The van der Waals surface area contributed by atoms with E-state index in [0.717, 1.165) is 44.2 Å². The minimum absolute atomic E-state index is 0.00414. The number of aliphatic hydroxyl groups excluding tert-OH is 1. The molecule has 0 amide bonds. The summed E-state index contributed by atoms with van der Waals surface area (Å²) in [4.78, 5) is 9.02. The van der Waals surface area contributed by atoms with Crippen LogP contribution in [-0.2, 0) is 0 Å². The van der Waals surface area contributed by atoms with Gasteiger partial charge in [0.2, 0.25) is 0 Å². The zero-order chi connectivity index (χ0) is 19.5. The van der Waals surface area contributed by atoms with E-state index in [4.69, 9.17) is 4.74 Å². The van der Waals surface area contributed by atoms with E-state index < -0.39 is 0 Å². The number of ether oxygens (including phenoxy) is 1. The molecule has 0 bridgehead atoms. The molecule has 0 aliphatic carbocycles. The Morgan fingerprint density at radius 1 is 1.14 bits per heavy atom. The van der Waals surface area contributed by atoms with Gasteiger partial charge in [-0.25, -0.2) is 4.98 Å². The van der Waals surface area contributed by atoms with E-state index in [1.54, 1.807) is 17.5 Å². The van der Waals surface area contributed by atoms with Crippen molar-refractivity contribution < 1.29 is 9.84 Å². The molecule has 0 aliphatic heterocycles. The molecule has 6 heteroatoms. The van der Waals surface area contributed by atoms with Crippen LogP contribution in [0.1, 0.15) is 20.3 Å². The quantitative estimate of drug-likeness (QED) is 0.437. The summed E-state index contributed by atoms with van der Waals surface area (Å²) in [6.45, 7) is 4.35. The molecule has 5 nitrogen and oxygen atoms in total. The number of hydrogen-bond donors (Lipinski definition) is 2. The highest BCUT2D eigenvalue weighted by molar-refractivity contribution is 7.22. The molecule has 144 valence electrons. The Hall–Kier alpha value is -2.70. The van der Waals surface area contributed by atoms with Crippen molar-refractivity contribution in [3.05, 3.63) is 54.7 Å². The van der Waals surface area contributed by atoms with E-state index in [-0.39, 0.29) is 12.6 Å². The average molecular weight is 394 g/mol. The van der Waals surface area contributed by atoms with Gasteiger partial charge in [-0.15, -0.1) is 0 Å². The number of anilines is 1. The van der Waals surface area contributed by atoms with Crippen molar-refractivity contribution >= 4 is 37.6 Å². The van der Waals surface area contributed by atoms with Crippen LogP contribution >= 0.6 is 11.3 Å². The molecule has 2 aromatic heterocycles. The number of para-hydroxylation sites is 1. The predicted molar refractivity (Wildman–Crippen MR) is 115 cm³/mol. The van der Waals surface area contributed by atoms with E-state index in [2.05, 4.69) is 29.1 Å². The molecule has 0 fully saturated rings. The molecular weight excluding hydrogens is 370 g/mol. The van der Waals surface area contributed by atoms with E-state index in [9.17, 15) is 5.11 Å². The lowest BCUT2D eigenvalue weighted by atomic mass is 10.0. The van der Waals surface area contributed by atoms with Gasteiger partial charge in [0.15, 0.2) is 5.13 Å². The number of nitrogens with one attached hydrogen (secondary N) is 1. The van der Waals surface area contributed by atoms with Crippen LogP contribution in [0.15, 0.2) is 54.7 Å². The molecular formula is C22H23N3O2S. The molecule has 0 aliphatic rings. The summed E-state index contributed by atoms with van der Waals surface area (Å²) in [6.07, 6.45) is 2.76. The third kappa shape index (κ3) is 3.79. The Morgan fingerprint density at radius 3 is 2.82 bits per heavy atom. The summed E-state index contributed by atoms with van der Waals surface area (Å²) in [6, 6.07) is 15.7. The SMILES string of the molecule is CC[C@H](C)[C@@H](CO)Nc1nc2ccc(Oc3ccnc4ccccc34)cc2s1. The minimum atomic E-state index is 0.00414. The third-order valence-electron chi connectivity index (χ3n) is 5.03. The van der Waals surface area contributed by atoms with E-state index in [1.807, 2.05) is 48.5 Å². The van der Waals surface area contributed by atoms with E-state index in [1.165, 1.54) is 0 Å². The van der Waals surface area contributed by atoms with E-state index in [0.29, 0.717) is 5.92 Å². The number of thiazole rings is 1. The smallest absolute Gasteiger partial charge is 0.184 e. The molecule has 28 heavy (non-hydrogen) atoms. The van der Waals surface area contributed by atoms with Gasteiger partial charge in [-0.3, -0.25) is 4.98 Å². The van der Waals surface area contributed by atoms with Crippen molar-refractivity contribution in [2.24, 2.45) is 5.92 Å². The van der Waals surface area contributed by atoms with Gasteiger partial charge in [0.25, 0.3) is 0 Å². The first-order valence-corrected chi connectivity index (χ1v) is 10.3. The zero-order valence-corrected chi connectivity index (χ0v) is 16.7. The Balaban J connectivity index is 1.59. The first-order chi connectivity index (χ1) is 13.7. The first-order valence-electron chi connectivity index (χ1n) is 9.47. The third-order valence-corrected chi connectivity index (χ3v) is 5.98. The Labute approximate surface area is 168 Å². The maximum absolute atomic E-state index is 9.65. The number of aromatic nitrogens is 2. The predicted octanol–water partition coefficient (Wildman–Crippen LogP) is 5.46. The highest BCUT2D eigenvalue weighted by atomic mass is 32.1. The monoisotopic (exact) mass is 393 g/mol. The van der Waals surface area contributed by atoms with Gasteiger partial charge in [-0.05, 0) is 36.2 Å². The van der Waals surface area contributed by atoms with Crippen LogP contribution in [0.5, 0.6) is 11.5 Å². The number of nitrogens with zero attached hydrogens (tertiary/aromatic N) is 2. The zero-order valence-electron chi connectivity index (χ0n) is 15.9. The lowest BCUT2D eigenvalue weighted by Gasteiger charge is -2.21. The maximum Gasteiger partial charge on any atom is 0.184 e. The summed E-state index contributed by atoms with van der Waals surface area (Å²) >= 11 is 1.57. The molecule has 0 radical (unpaired) electrons. The van der Waals surface area contributed by atoms with Crippen molar-refractivity contribution in [2.45, 2.75) is 26.3 Å². The molecule has 2 N–H and O–H groups in total. The van der Waals surface area contributed by atoms with Crippen LogP contribution < -0.4 is 10.1 Å². The summed E-state index contributed by atoms with van der Waals surface area (Å²) in [5, 5.41) is 14.8. The molecule has 0 saturated heterocycles. The standard InChI is InChI=1S/C22H23N3O2S/c1-3-14(2)19(13-26)25-22-24-18-9-8-15(12-21(18)28-22)27-20-10-11-23-17-7-5-4-6-16(17)20/h4-12,14,19,26H,3,13H2,1-2H3,(H,24,25)/t14-,19+/m0/s1. The molecule has 2 heterocycles.